The molecule has 6 nitrogen and oxygen atoms in total. The first-order chi connectivity index (χ1) is 27.5. The maximum Gasteiger partial charge on any atom is 0.306 e. The van der Waals surface area contributed by atoms with Crippen molar-refractivity contribution in [2.45, 2.75) is 174 Å². The van der Waals surface area contributed by atoms with Crippen molar-refractivity contribution in [3.8, 4) is 0 Å². The van der Waals surface area contributed by atoms with E-state index < -0.39 is 18.2 Å². The van der Waals surface area contributed by atoms with Gasteiger partial charge in [-0.25, -0.2) is 0 Å². The number of amides is 1. The number of hydrogen-bond acceptors (Lipinski definition) is 5. The molecule has 3 N–H and O–H groups in total. The van der Waals surface area contributed by atoms with E-state index in [2.05, 4.69) is 50.4 Å². The maximum atomic E-state index is 13.1. The van der Waals surface area contributed by atoms with Crippen molar-refractivity contribution in [3.05, 3.63) is 122 Å². The van der Waals surface area contributed by atoms with Gasteiger partial charge in [-0.3, -0.25) is 9.59 Å². The Kier molecular flexibility index (Phi) is 39.6. The number of aliphatic hydroxyl groups is 2. The van der Waals surface area contributed by atoms with Gasteiger partial charge in [0.05, 0.1) is 25.2 Å². The summed E-state index contributed by atoms with van der Waals surface area (Å²) >= 11 is 0. The molecule has 56 heavy (non-hydrogen) atoms. The van der Waals surface area contributed by atoms with Gasteiger partial charge in [-0.1, -0.05) is 206 Å². The first kappa shape index (κ1) is 52.3. The van der Waals surface area contributed by atoms with E-state index in [1.54, 1.807) is 0 Å². The minimum Gasteiger partial charge on any atom is -0.462 e. The van der Waals surface area contributed by atoms with Crippen LogP contribution in [0.4, 0.5) is 0 Å². The summed E-state index contributed by atoms with van der Waals surface area (Å²) in [6, 6.07) is -0.740. The van der Waals surface area contributed by atoms with Crippen LogP contribution in [0.5, 0.6) is 0 Å². The largest absolute Gasteiger partial charge is 0.462 e. The molecule has 0 aromatic carbocycles. The van der Waals surface area contributed by atoms with Gasteiger partial charge >= 0.3 is 5.97 Å². The molecule has 1 amide bonds. The summed E-state index contributed by atoms with van der Waals surface area (Å²) in [6.45, 7) is 6.10. The summed E-state index contributed by atoms with van der Waals surface area (Å²) < 4.78 is 5.84. The van der Waals surface area contributed by atoms with Crippen LogP contribution in [0, 0.1) is 0 Å². The highest BCUT2D eigenvalue weighted by atomic mass is 16.5. The molecule has 314 valence electrons. The fraction of sp³-hybridized carbons (Fsp3) is 0.560. The Balaban J connectivity index is 4.87. The third-order valence-corrected chi connectivity index (χ3v) is 9.04. The summed E-state index contributed by atoms with van der Waals surface area (Å²) in [6.07, 6.45) is 58.3. The molecule has 0 rings (SSSR count). The number of aliphatic hydroxyl groups excluding tert-OH is 2. The smallest absolute Gasteiger partial charge is 0.306 e. The number of ether oxygens (including phenoxy) is 1. The van der Waals surface area contributed by atoms with Crippen molar-refractivity contribution in [3.63, 3.8) is 0 Å². The number of carbonyl (C=O) groups excluding carboxylic acids is 2. The van der Waals surface area contributed by atoms with E-state index >= 15 is 0 Å². The molecular formula is C50H79NO5. The van der Waals surface area contributed by atoms with Gasteiger partial charge < -0.3 is 20.3 Å². The van der Waals surface area contributed by atoms with Crippen LogP contribution in [-0.4, -0.2) is 46.9 Å². The molecule has 3 atom stereocenters. The molecule has 0 aromatic heterocycles. The zero-order valence-electron chi connectivity index (χ0n) is 35.5. The van der Waals surface area contributed by atoms with Gasteiger partial charge in [-0.15, -0.1) is 0 Å². The van der Waals surface area contributed by atoms with E-state index in [1.165, 1.54) is 38.5 Å². The van der Waals surface area contributed by atoms with Gasteiger partial charge in [0.25, 0.3) is 0 Å². The van der Waals surface area contributed by atoms with E-state index in [1.807, 2.05) is 97.2 Å². The van der Waals surface area contributed by atoms with Crippen LogP contribution in [0.3, 0.4) is 0 Å². The zero-order chi connectivity index (χ0) is 41.0. The Morgan fingerprint density at radius 2 is 0.982 bits per heavy atom. The van der Waals surface area contributed by atoms with Crippen LogP contribution in [0.2, 0.25) is 0 Å². The normalized spacial score (nSPS) is 14.6. The lowest BCUT2D eigenvalue weighted by Crippen LogP contribution is -2.46. The van der Waals surface area contributed by atoms with E-state index in [0.717, 1.165) is 70.6 Å². The second-order valence-corrected chi connectivity index (χ2v) is 14.2. The topological polar surface area (TPSA) is 95.9 Å². The predicted octanol–water partition coefficient (Wildman–Crippen LogP) is 12.5. The fourth-order valence-electron chi connectivity index (χ4n) is 5.77. The molecule has 0 radical (unpaired) electrons. The Hall–Kier alpha value is -3.74. The summed E-state index contributed by atoms with van der Waals surface area (Å²) in [5, 5.41) is 23.5. The van der Waals surface area contributed by atoms with Crippen molar-refractivity contribution in [2.24, 2.45) is 0 Å². The number of nitrogens with one attached hydrogen (secondary N) is 1. The second-order valence-electron chi connectivity index (χ2n) is 14.2. The first-order valence-corrected chi connectivity index (χ1v) is 21.9. The summed E-state index contributed by atoms with van der Waals surface area (Å²) in [5.74, 6) is -0.615. The lowest BCUT2D eigenvalue weighted by molar-refractivity contribution is -0.151. The predicted molar refractivity (Wildman–Crippen MR) is 240 cm³/mol. The van der Waals surface area contributed by atoms with Crippen LogP contribution in [-0.2, 0) is 14.3 Å². The first-order valence-electron chi connectivity index (χ1n) is 21.9. The molecule has 0 aliphatic heterocycles. The zero-order valence-corrected chi connectivity index (χ0v) is 35.5. The Morgan fingerprint density at radius 3 is 1.48 bits per heavy atom. The van der Waals surface area contributed by atoms with E-state index in [9.17, 15) is 19.8 Å². The van der Waals surface area contributed by atoms with Crippen LogP contribution >= 0.6 is 0 Å². The Morgan fingerprint density at radius 1 is 0.536 bits per heavy atom. The summed E-state index contributed by atoms with van der Waals surface area (Å²) in [5.41, 5.74) is 0. The number of rotatable bonds is 36. The minimum absolute atomic E-state index is 0.00204. The lowest BCUT2D eigenvalue weighted by Gasteiger charge is -2.24. The van der Waals surface area contributed by atoms with E-state index in [-0.39, 0.29) is 24.9 Å². The molecule has 0 bridgehead atoms. The molecule has 0 spiro atoms. The minimum atomic E-state index is -0.820. The quantitative estimate of drug-likeness (QED) is 0.0335. The molecule has 0 aliphatic carbocycles. The van der Waals surface area contributed by atoms with Crippen molar-refractivity contribution in [1.82, 2.24) is 5.32 Å². The van der Waals surface area contributed by atoms with E-state index in [4.69, 9.17) is 4.74 Å². The molecule has 0 fully saturated rings. The highest BCUT2D eigenvalue weighted by Gasteiger charge is 2.23. The molecule has 0 saturated carbocycles. The third-order valence-electron chi connectivity index (χ3n) is 9.04. The van der Waals surface area contributed by atoms with E-state index in [0.29, 0.717) is 19.3 Å². The van der Waals surface area contributed by atoms with Crippen molar-refractivity contribution < 1.29 is 24.5 Å². The van der Waals surface area contributed by atoms with Crippen LogP contribution in [0.25, 0.3) is 0 Å². The maximum absolute atomic E-state index is 13.1. The molecule has 3 unspecified atom stereocenters. The van der Waals surface area contributed by atoms with Crippen LogP contribution in [0.1, 0.15) is 156 Å². The lowest BCUT2D eigenvalue weighted by atomic mass is 10.0. The number of unbranched alkanes of at least 4 members (excludes halogenated alkanes) is 12. The number of esters is 1. The fourth-order valence-corrected chi connectivity index (χ4v) is 5.77. The van der Waals surface area contributed by atoms with Gasteiger partial charge in [-0.2, -0.15) is 0 Å². The summed E-state index contributed by atoms with van der Waals surface area (Å²) in [4.78, 5) is 25.9. The van der Waals surface area contributed by atoms with Gasteiger partial charge in [0.2, 0.25) is 5.91 Å². The monoisotopic (exact) mass is 774 g/mol. The average molecular weight is 774 g/mol. The standard InChI is InChI=1S/C50H79NO5/c1-4-7-10-13-16-19-21-23-24-26-28-31-34-37-40-43-50(55)56-46(41-38-35-32-30-27-25-22-20-17-14-11-8-5-2)44-49(54)51-47(45-52)48(53)42-39-36-33-29-18-15-12-9-6-3/h7-8,10-11,13-14,16-17,19-28,30,32,46-48,52-53H,4-6,9,12,15,18,29,31,33-45H2,1-3H3,(H,51,54)/b10-7+,11-8+,16-13+,17-14+,21-19-,22-20-,24-23-,27-25-,28-26+,32-30+. The molecule has 6 heteroatoms. The van der Waals surface area contributed by atoms with Gasteiger partial charge in [0.15, 0.2) is 0 Å². The number of carbonyl (C=O) groups is 2. The third kappa shape index (κ3) is 37.2. The number of allylic oxidation sites excluding steroid dienone is 20. The second kappa shape index (κ2) is 42.4. The van der Waals surface area contributed by atoms with Crippen LogP contribution in [0.15, 0.2) is 122 Å². The average Bonchev–Trinajstić information content (AvgIpc) is 3.19. The molecule has 0 aromatic rings. The van der Waals surface area contributed by atoms with Crippen molar-refractivity contribution in [1.29, 1.82) is 0 Å². The molecular weight excluding hydrogens is 695 g/mol. The molecule has 0 heterocycles. The van der Waals surface area contributed by atoms with Gasteiger partial charge in [0.1, 0.15) is 6.10 Å². The Labute approximate surface area is 342 Å². The SMILES string of the molecule is CC/C=C/C=C/C=C\C=C/C=C/CCCCCC(=O)OC(CCC/C=C/C=C\C=C/C=C/C=C/CC)CC(=O)NC(CO)C(O)CCCCCCCCCCC. The van der Waals surface area contributed by atoms with Gasteiger partial charge in [0, 0.05) is 6.42 Å². The Bertz CT molecular complexity index is 1230. The molecule has 0 saturated heterocycles. The summed E-state index contributed by atoms with van der Waals surface area (Å²) in [7, 11) is 0. The molecule has 0 aliphatic rings. The highest BCUT2D eigenvalue weighted by molar-refractivity contribution is 5.77. The van der Waals surface area contributed by atoms with Crippen LogP contribution < -0.4 is 5.32 Å². The van der Waals surface area contributed by atoms with Crippen molar-refractivity contribution >= 4 is 11.9 Å². The van der Waals surface area contributed by atoms with Gasteiger partial charge in [-0.05, 0) is 57.8 Å². The highest BCUT2D eigenvalue weighted by Crippen LogP contribution is 2.15. The van der Waals surface area contributed by atoms with Crippen molar-refractivity contribution in [2.75, 3.05) is 6.61 Å². The number of hydrogen-bond donors (Lipinski definition) is 3.